The van der Waals surface area contributed by atoms with Crippen molar-refractivity contribution in [1.82, 2.24) is 14.7 Å². The van der Waals surface area contributed by atoms with Gasteiger partial charge in [-0.15, -0.1) is 0 Å². The van der Waals surface area contributed by atoms with Gasteiger partial charge < -0.3 is 9.64 Å². The lowest BCUT2D eigenvalue weighted by Gasteiger charge is -2.17. The lowest BCUT2D eigenvalue weighted by Crippen LogP contribution is -2.35. The number of esters is 1. The van der Waals surface area contributed by atoms with E-state index in [4.69, 9.17) is 4.74 Å². The van der Waals surface area contributed by atoms with Crippen LogP contribution in [-0.2, 0) is 21.4 Å². The van der Waals surface area contributed by atoms with E-state index in [0.717, 1.165) is 5.56 Å². The Morgan fingerprint density at radius 1 is 1.47 bits per heavy atom. The third-order valence-corrected chi connectivity index (χ3v) is 2.46. The smallest absolute Gasteiger partial charge is 0.325 e. The van der Waals surface area contributed by atoms with Crippen LogP contribution in [0.4, 0.5) is 0 Å². The van der Waals surface area contributed by atoms with Gasteiger partial charge in [-0.2, -0.15) is 5.10 Å². The zero-order valence-corrected chi connectivity index (χ0v) is 11.5. The average Bonchev–Trinajstić information content (AvgIpc) is 2.79. The molecule has 0 atom stereocenters. The molecule has 0 bridgehead atoms. The Bertz CT molecular complexity index is 465. The van der Waals surface area contributed by atoms with Crippen LogP contribution in [0.5, 0.6) is 0 Å². The third-order valence-electron chi connectivity index (χ3n) is 2.46. The molecule has 0 aliphatic rings. The second-order valence-electron chi connectivity index (χ2n) is 3.94. The van der Waals surface area contributed by atoms with Crippen LogP contribution in [0.15, 0.2) is 18.5 Å². The van der Waals surface area contributed by atoms with Crippen molar-refractivity contribution in [3.05, 3.63) is 24.0 Å². The van der Waals surface area contributed by atoms with Gasteiger partial charge in [0.15, 0.2) is 0 Å². The van der Waals surface area contributed by atoms with Crippen LogP contribution in [0.2, 0.25) is 0 Å². The minimum absolute atomic E-state index is 0.0272. The molecule has 0 aliphatic carbocycles. The first kappa shape index (κ1) is 14.9. The largest absolute Gasteiger partial charge is 0.465 e. The Morgan fingerprint density at radius 3 is 2.74 bits per heavy atom. The summed E-state index contributed by atoms with van der Waals surface area (Å²) >= 11 is 0. The van der Waals surface area contributed by atoms with Crippen molar-refractivity contribution in [3.63, 3.8) is 0 Å². The van der Waals surface area contributed by atoms with Crippen LogP contribution >= 0.6 is 0 Å². The summed E-state index contributed by atoms with van der Waals surface area (Å²) in [6.07, 6.45) is 6.56. The first-order valence-electron chi connectivity index (χ1n) is 6.18. The van der Waals surface area contributed by atoms with Crippen LogP contribution in [0.1, 0.15) is 19.4 Å². The molecule has 6 nitrogen and oxygen atoms in total. The number of aromatic nitrogens is 2. The second kappa shape index (κ2) is 7.35. The van der Waals surface area contributed by atoms with E-state index in [-0.39, 0.29) is 12.5 Å². The van der Waals surface area contributed by atoms with Crippen LogP contribution in [-0.4, -0.2) is 46.3 Å². The molecule has 1 heterocycles. The molecular formula is C13H19N3O3. The lowest BCUT2D eigenvalue weighted by molar-refractivity contribution is -0.147. The summed E-state index contributed by atoms with van der Waals surface area (Å²) in [5.41, 5.74) is 0.836. The van der Waals surface area contributed by atoms with Crippen molar-refractivity contribution in [1.29, 1.82) is 0 Å². The van der Waals surface area contributed by atoms with E-state index in [1.807, 2.05) is 6.92 Å². The van der Waals surface area contributed by atoms with Crippen molar-refractivity contribution >= 4 is 18.0 Å². The minimum atomic E-state index is -0.396. The lowest BCUT2D eigenvalue weighted by atomic mass is 10.3. The van der Waals surface area contributed by atoms with Crippen molar-refractivity contribution in [2.45, 2.75) is 13.8 Å². The average molecular weight is 265 g/mol. The Kier molecular flexibility index (Phi) is 5.78. The normalized spacial score (nSPS) is 10.7. The van der Waals surface area contributed by atoms with E-state index in [9.17, 15) is 9.59 Å². The highest BCUT2D eigenvalue weighted by atomic mass is 16.5. The number of hydrogen-bond donors (Lipinski definition) is 0. The first-order valence-corrected chi connectivity index (χ1v) is 6.18. The zero-order valence-electron chi connectivity index (χ0n) is 11.5. The minimum Gasteiger partial charge on any atom is -0.465 e. The number of likely N-dealkylation sites (N-methyl/N-ethyl adjacent to an activating group) is 1. The molecule has 0 aliphatic heterocycles. The summed E-state index contributed by atoms with van der Waals surface area (Å²) < 4.78 is 6.47. The van der Waals surface area contributed by atoms with E-state index in [1.54, 1.807) is 37.1 Å². The Labute approximate surface area is 112 Å². The summed E-state index contributed by atoms with van der Waals surface area (Å²) in [6.45, 7) is 4.29. The van der Waals surface area contributed by atoms with Gasteiger partial charge in [0.1, 0.15) is 6.54 Å². The number of ether oxygens (including phenoxy) is 1. The highest BCUT2D eigenvalue weighted by molar-refractivity contribution is 5.93. The molecule has 0 fully saturated rings. The quantitative estimate of drug-likeness (QED) is 0.565. The molecule has 1 amide bonds. The molecule has 0 saturated carbocycles. The number of rotatable bonds is 6. The number of carbonyl (C=O) groups excluding carboxylic acids is 2. The zero-order chi connectivity index (χ0) is 14.3. The fraction of sp³-hybridized carbons (Fsp3) is 0.462. The number of nitrogens with zero attached hydrogens (tertiary/aromatic N) is 3. The molecular weight excluding hydrogens is 246 g/mol. The third kappa shape index (κ3) is 4.95. The van der Waals surface area contributed by atoms with E-state index < -0.39 is 5.97 Å². The molecule has 0 radical (unpaired) electrons. The fourth-order valence-electron chi connectivity index (χ4n) is 1.51. The van der Waals surface area contributed by atoms with E-state index in [0.29, 0.717) is 13.2 Å². The van der Waals surface area contributed by atoms with Gasteiger partial charge >= 0.3 is 5.97 Å². The molecule has 1 aromatic rings. The monoisotopic (exact) mass is 265 g/mol. The predicted octanol–water partition coefficient (Wildman–Crippen LogP) is 0.845. The van der Waals surface area contributed by atoms with Crippen LogP contribution in [0, 0.1) is 0 Å². The molecule has 0 N–H and O–H groups in total. The van der Waals surface area contributed by atoms with Gasteiger partial charge in [0, 0.05) is 31.4 Å². The van der Waals surface area contributed by atoms with E-state index in [2.05, 4.69) is 5.10 Å². The molecule has 6 heteroatoms. The number of amides is 1. The fourth-order valence-corrected chi connectivity index (χ4v) is 1.51. The van der Waals surface area contributed by atoms with Crippen molar-refractivity contribution in [2.24, 2.45) is 7.05 Å². The van der Waals surface area contributed by atoms with Gasteiger partial charge in [0.25, 0.3) is 0 Å². The van der Waals surface area contributed by atoms with Gasteiger partial charge in [0.2, 0.25) is 5.91 Å². The predicted molar refractivity (Wildman–Crippen MR) is 71.1 cm³/mol. The van der Waals surface area contributed by atoms with E-state index >= 15 is 0 Å². The van der Waals surface area contributed by atoms with Gasteiger partial charge in [-0.25, -0.2) is 0 Å². The maximum atomic E-state index is 11.9. The molecule has 0 aromatic carbocycles. The summed E-state index contributed by atoms with van der Waals surface area (Å²) in [7, 11) is 1.80. The molecule has 19 heavy (non-hydrogen) atoms. The number of aryl methyl sites for hydroxylation is 1. The molecule has 1 aromatic heterocycles. The SMILES string of the molecule is CCOC(=O)CN(CC)C(=O)/C=C/c1cnn(C)c1. The van der Waals surface area contributed by atoms with Crippen molar-refractivity contribution in [3.8, 4) is 0 Å². The Balaban J connectivity index is 2.58. The van der Waals surface area contributed by atoms with Crippen LogP contribution in [0.3, 0.4) is 0 Å². The van der Waals surface area contributed by atoms with Crippen LogP contribution in [0.25, 0.3) is 6.08 Å². The first-order chi connectivity index (χ1) is 9.06. The Morgan fingerprint density at radius 2 is 2.21 bits per heavy atom. The highest BCUT2D eigenvalue weighted by Gasteiger charge is 2.13. The topological polar surface area (TPSA) is 64.4 Å². The van der Waals surface area contributed by atoms with Gasteiger partial charge in [-0.1, -0.05) is 0 Å². The van der Waals surface area contributed by atoms with Gasteiger partial charge in [0.05, 0.1) is 12.8 Å². The molecule has 1 rings (SSSR count). The summed E-state index contributed by atoms with van der Waals surface area (Å²) in [4.78, 5) is 24.7. The van der Waals surface area contributed by atoms with E-state index in [1.165, 1.54) is 11.0 Å². The summed E-state index contributed by atoms with van der Waals surface area (Å²) in [5.74, 6) is -0.619. The standard InChI is InChI=1S/C13H19N3O3/c1-4-16(10-13(18)19-5-2)12(17)7-6-11-8-14-15(3)9-11/h6-9H,4-5,10H2,1-3H3/b7-6+. The van der Waals surface area contributed by atoms with Crippen LogP contribution < -0.4 is 0 Å². The van der Waals surface area contributed by atoms with Crippen molar-refractivity contribution < 1.29 is 14.3 Å². The molecule has 0 unspecified atom stereocenters. The maximum Gasteiger partial charge on any atom is 0.325 e. The molecule has 0 spiro atoms. The molecule has 0 saturated heterocycles. The van der Waals surface area contributed by atoms with Gasteiger partial charge in [-0.3, -0.25) is 14.3 Å². The Hall–Kier alpha value is -2.11. The molecule has 104 valence electrons. The van der Waals surface area contributed by atoms with Crippen molar-refractivity contribution in [2.75, 3.05) is 19.7 Å². The van der Waals surface area contributed by atoms with Gasteiger partial charge in [-0.05, 0) is 19.9 Å². The highest BCUT2D eigenvalue weighted by Crippen LogP contribution is 2.01. The summed E-state index contributed by atoms with van der Waals surface area (Å²) in [5, 5.41) is 4.00. The second-order valence-corrected chi connectivity index (χ2v) is 3.94. The maximum absolute atomic E-state index is 11.9. The summed E-state index contributed by atoms with van der Waals surface area (Å²) in [6, 6.07) is 0. The number of hydrogen-bond acceptors (Lipinski definition) is 4. The number of carbonyl (C=O) groups is 2.